The summed E-state index contributed by atoms with van der Waals surface area (Å²) < 4.78 is 11.2. The van der Waals surface area contributed by atoms with E-state index in [2.05, 4.69) is 5.32 Å². The number of benzene rings is 2. The van der Waals surface area contributed by atoms with Crippen LogP contribution in [0, 0.1) is 0 Å². The lowest BCUT2D eigenvalue weighted by Gasteiger charge is -2.30. The lowest BCUT2D eigenvalue weighted by atomic mass is 9.83. The summed E-state index contributed by atoms with van der Waals surface area (Å²) in [7, 11) is 1.60. The summed E-state index contributed by atoms with van der Waals surface area (Å²) in [5.41, 5.74) is 1.12. The smallest absolute Gasteiger partial charge is 0.131 e. The lowest BCUT2D eigenvalue weighted by Crippen LogP contribution is -2.40. The highest BCUT2D eigenvalue weighted by atomic mass is 16.5. The number of para-hydroxylation sites is 1. The minimum absolute atomic E-state index is 0.0131. The Morgan fingerprint density at radius 2 is 2.04 bits per heavy atom. The maximum atomic E-state index is 11.5. The van der Waals surface area contributed by atoms with Crippen molar-refractivity contribution in [3.05, 3.63) is 59.2 Å². The Morgan fingerprint density at radius 1 is 1.22 bits per heavy atom. The van der Waals surface area contributed by atoms with Gasteiger partial charge in [-0.2, -0.15) is 0 Å². The highest BCUT2D eigenvalue weighted by Crippen LogP contribution is 2.41. The van der Waals surface area contributed by atoms with Gasteiger partial charge in [-0.25, -0.2) is 0 Å². The zero-order valence-corrected chi connectivity index (χ0v) is 13.1. The molecule has 2 aromatic carbocycles. The van der Waals surface area contributed by atoms with Crippen molar-refractivity contribution in [2.45, 2.75) is 12.2 Å². The van der Waals surface area contributed by atoms with Crippen LogP contribution < -0.4 is 14.8 Å². The molecule has 1 heterocycles. The maximum Gasteiger partial charge on any atom is 0.131 e. The van der Waals surface area contributed by atoms with E-state index in [0.29, 0.717) is 30.2 Å². The van der Waals surface area contributed by atoms with Gasteiger partial charge in [0.1, 0.15) is 23.7 Å². The van der Waals surface area contributed by atoms with Crippen LogP contribution in [0.4, 0.5) is 0 Å². The average Bonchev–Trinajstić information content (AvgIpc) is 2.71. The van der Waals surface area contributed by atoms with Gasteiger partial charge in [0, 0.05) is 18.7 Å². The molecular formula is C18H21NO4. The monoisotopic (exact) mass is 315 g/mol. The molecule has 0 bridgehead atoms. The molecule has 0 fully saturated rings. The van der Waals surface area contributed by atoms with E-state index >= 15 is 0 Å². The first kappa shape index (κ1) is 15.8. The van der Waals surface area contributed by atoms with Gasteiger partial charge in [-0.1, -0.05) is 24.3 Å². The van der Waals surface area contributed by atoms with Crippen LogP contribution in [0.5, 0.6) is 11.5 Å². The van der Waals surface area contributed by atoms with Gasteiger partial charge in [-0.05, 0) is 29.3 Å². The molecule has 1 unspecified atom stereocenters. The van der Waals surface area contributed by atoms with Crippen molar-refractivity contribution in [3.63, 3.8) is 0 Å². The molecule has 1 aliphatic heterocycles. The molecule has 0 radical (unpaired) electrons. The van der Waals surface area contributed by atoms with Gasteiger partial charge in [0.15, 0.2) is 0 Å². The lowest BCUT2D eigenvalue weighted by molar-refractivity contribution is 0.0777. The Morgan fingerprint density at radius 3 is 2.83 bits per heavy atom. The van der Waals surface area contributed by atoms with Crippen LogP contribution in [0.3, 0.4) is 0 Å². The largest absolute Gasteiger partial charge is 0.497 e. The molecule has 0 saturated heterocycles. The van der Waals surface area contributed by atoms with E-state index in [-0.39, 0.29) is 13.2 Å². The topological polar surface area (TPSA) is 71.0 Å². The number of rotatable bonds is 5. The SMILES string of the molecule is COc1ccc2c(c1)C(O)(CNCCO)c1ccccc1OC2. The Kier molecular flexibility index (Phi) is 4.52. The molecule has 3 rings (SSSR count). The normalized spacial score (nSPS) is 19.3. The number of fused-ring (bicyclic) bond motifs is 2. The van der Waals surface area contributed by atoms with Crippen molar-refractivity contribution in [1.82, 2.24) is 5.32 Å². The second-order valence-electron chi connectivity index (χ2n) is 5.57. The molecule has 1 atom stereocenters. The number of aliphatic hydroxyl groups is 2. The number of hydrogen-bond acceptors (Lipinski definition) is 5. The predicted molar refractivity (Wildman–Crippen MR) is 86.7 cm³/mol. The summed E-state index contributed by atoms with van der Waals surface area (Å²) in [5.74, 6) is 1.35. The molecular weight excluding hydrogens is 294 g/mol. The van der Waals surface area contributed by atoms with Crippen LogP contribution in [0.1, 0.15) is 16.7 Å². The first-order valence-electron chi connectivity index (χ1n) is 7.62. The highest BCUT2D eigenvalue weighted by Gasteiger charge is 2.38. The molecule has 1 aliphatic rings. The van der Waals surface area contributed by atoms with Crippen molar-refractivity contribution in [2.75, 3.05) is 26.8 Å². The van der Waals surface area contributed by atoms with E-state index in [1.54, 1.807) is 7.11 Å². The molecule has 122 valence electrons. The van der Waals surface area contributed by atoms with Crippen molar-refractivity contribution in [3.8, 4) is 11.5 Å². The fraction of sp³-hybridized carbons (Fsp3) is 0.333. The summed E-state index contributed by atoms with van der Waals surface area (Å²) >= 11 is 0. The summed E-state index contributed by atoms with van der Waals surface area (Å²) in [6, 6.07) is 13.1. The van der Waals surface area contributed by atoms with Crippen LogP contribution in [0.15, 0.2) is 42.5 Å². The third-order valence-electron chi connectivity index (χ3n) is 4.15. The molecule has 23 heavy (non-hydrogen) atoms. The fourth-order valence-corrected chi connectivity index (χ4v) is 2.97. The van der Waals surface area contributed by atoms with Crippen LogP contribution in [-0.2, 0) is 12.2 Å². The zero-order chi connectivity index (χ0) is 16.3. The molecule has 2 aromatic rings. The Labute approximate surface area is 135 Å². The van der Waals surface area contributed by atoms with Crippen molar-refractivity contribution < 1.29 is 19.7 Å². The average molecular weight is 315 g/mol. The first-order valence-corrected chi connectivity index (χ1v) is 7.62. The Bertz CT molecular complexity index is 688. The van der Waals surface area contributed by atoms with Crippen LogP contribution in [0.25, 0.3) is 0 Å². The summed E-state index contributed by atoms with van der Waals surface area (Å²) in [5, 5.41) is 23.6. The number of aliphatic hydroxyl groups excluding tert-OH is 1. The number of hydrogen-bond donors (Lipinski definition) is 3. The van der Waals surface area contributed by atoms with E-state index in [1.807, 2.05) is 42.5 Å². The molecule has 0 saturated carbocycles. The first-order chi connectivity index (χ1) is 11.2. The maximum absolute atomic E-state index is 11.5. The number of ether oxygens (including phenoxy) is 2. The quantitative estimate of drug-likeness (QED) is 0.728. The van der Waals surface area contributed by atoms with Crippen molar-refractivity contribution in [2.24, 2.45) is 0 Å². The molecule has 5 nitrogen and oxygen atoms in total. The molecule has 3 N–H and O–H groups in total. The highest BCUT2D eigenvalue weighted by molar-refractivity contribution is 5.51. The molecule has 0 amide bonds. The van der Waals surface area contributed by atoms with Gasteiger partial charge in [-0.3, -0.25) is 0 Å². The van der Waals surface area contributed by atoms with E-state index in [0.717, 1.165) is 11.1 Å². The van der Waals surface area contributed by atoms with Crippen LogP contribution in [-0.4, -0.2) is 37.0 Å². The number of nitrogens with one attached hydrogen (secondary N) is 1. The van der Waals surface area contributed by atoms with Gasteiger partial charge < -0.3 is 25.0 Å². The van der Waals surface area contributed by atoms with Gasteiger partial charge in [0.2, 0.25) is 0 Å². The number of methoxy groups -OCH3 is 1. The van der Waals surface area contributed by atoms with E-state index < -0.39 is 5.60 Å². The summed E-state index contributed by atoms with van der Waals surface area (Å²) in [6.45, 7) is 1.08. The van der Waals surface area contributed by atoms with Gasteiger partial charge in [0.05, 0.1) is 13.7 Å². The third kappa shape index (κ3) is 2.91. The molecule has 5 heteroatoms. The van der Waals surface area contributed by atoms with Gasteiger partial charge in [0.25, 0.3) is 0 Å². The molecule has 0 aromatic heterocycles. The third-order valence-corrected chi connectivity index (χ3v) is 4.15. The van der Waals surface area contributed by atoms with Gasteiger partial charge >= 0.3 is 0 Å². The Balaban J connectivity index is 2.13. The van der Waals surface area contributed by atoms with E-state index in [9.17, 15) is 5.11 Å². The summed E-state index contributed by atoms with van der Waals surface area (Å²) in [4.78, 5) is 0. The fourth-order valence-electron chi connectivity index (χ4n) is 2.97. The van der Waals surface area contributed by atoms with Gasteiger partial charge in [-0.15, -0.1) is 0 Å². The minimum atomic E-state index is -1.26. The zero-order valence-electron chi connectivity index (χ0n) is 13.1. The molecule has 0 aliphatic carbocycles. The van der Waals surface area contributed by atoms with Crippen LogP contribution >= 0.6 is 0 Å². The van der Waals surface area contributed by atoms with E-state index in [4.69, 9.17) is 14.6 Å². The van der Waals surface area contributed by atoms with Crippen molar-refractivity contribution >= 4 is 0 Å². The second-order valence-corrected chi connectivity index (χ2v) is 5.57. The Hall–Kier alpha value is -2.08. The predicted octanol–water partition coefficient (Wildman–Crippen LogP) is 1.41. The standard InChI is InChI=1S/C18H21NO4/c1-22-14-7-6-13-11-23-17-5-3-2-4-15(17)18(21,16(13)10-14)12-19-8-9-20/h2-7,10,19-21H,8-9,11-12H2,1H3. The van der Waals surface area contributed by atoms with E-state index in [1.165, 1.54) is 0 Å². The minimum Gasteiger partial charge on any atom is -0.497 e. The molecule has 0 spiro atoms. The van der Waals surface area contributed by atoms with Crippen LogP contribution in [0.2, 0.25) is 0 Å². The second kappa shape index (κ2) is 6.58. The van der Waals surface area contributed by atoms with Crippen molar-refractivity contribution in [1.29, 1.82) is 0 Å². The summed E-state index contributed by atoms with van der Waals surface area (Å²) in [6.07, 6.45) is 0.